The third-order valence-electron chi connectivity index (χ3n) is 8.97. The number of amides is 3. The highest BCUT2D eigenvalue weighted by atomic mass is 16.2. The van der Waals surface area contributed by atoms with Crippen molar-refractivity contribution in [2.75, 3.05) is 18.4 Å². The van der Waals surface area contributed by atoms with Crippen molar-refractivity contribution in [3.05, 3.63) is 83.7 Å². The van der Waals surface area contributed by atoms with Gasteiger partial charge in [-0.2, -0.15) is 10.4 Å². The third kappa shape index (κ3) is 7.38. The predicted octanol–water partition coefficient (Wildman–Crippen LogP) is 3.78. The van der Waals surface area contributed by atoms with Crippen LogP contribution in [0.4, 0.5) is 5.69 Å². The normalized spacial score (nSPS) is 14.2. The number of nitrogens with zero attached hydrogens (tertiary/aromatic N) is 7. The van der Waals surface area contributed by atoms with Gasteiger partial charge >= 0.3 is 0 Å². The van der Waals surface area contributed by atoms with E-state index in [0.717, 1.165) is 25.7 Å². The van der Waals surface area contributed by atoms with Crippen LogP contribution in [-0.4, -0.2) is 82.0 Å². The number of hydrogen-bond acceptors (Lipinski definition) is 10. The molecule has 1 fully saturated rings. The molecule has 1 aliphatic carbocycles. The molecule has 0 saturated heterocycles. The largest absolute Gasteiger partial charge is 0.352 e. The Morgan fingerprint density at radius 3 is 2.10 bits per heavy atom. The second kappa shape index (κ2) is 14.8. The van der Waals surface area contributed by atoms with Crippen LogP contribution in [0.15, 0.2) is 67.0 Å². The van der Waals surface area contributed by atoms with Crippen molar-refractivity contribution in [1.29, 1.82) is 0 Å². The number of imidazole rings is 1. The molecule has 254 valence electrons. The van der Waals surface area contributed by atoms with Crippen LogP contribution in [0, 0.1) is 5.92 Å². The van der Waals surface area contributed by atoms with E-state index in [2.05, 4.69) is 67.2 Å². The zero-order valence-corrected chi connectivity index (χ0v) is 27.0. The van der Waals surface area contributed by atoms with Gasteiger partial charge < -0.3 is 20.9 Å². The molecule has 0 bridgehead atoms. The predicted molar refractivity (Wildman–Crippen MR) is 183 cm³/mol. The van der Waals surface area contributed by atoms with Gasteiger partial charge in [-0.25, -0.2) is 4.98 Å². The van der Waals surface area contributed by atoms with E-state index in [4.69, 9.17) is 0 Å². The van der Waals surface area contributed by atoms with E-state index in [1.54, 1.807) is 30.3 Å². The molecule has 50 heavy (non-hydrogen) atoms. The van der Waals surface area contributed by atoms with E-state index >= 15 is 0 Å². The fourth-order valence-electron chi connectivity index (χ4n) is 6.35. The summed E-state index contributed by atoms with van der Waals surface area (Å²) in [7, 11) is 0. The summed E-state index contributed by atoms with van der Waals surface area (Å²) in [6, 6.07) is 17.5. The number of tetrazole rings is 2. The van der Waals surface area contributed by atoms with Gasteiger partial charge in [-0.15, -0.1) is 20.4 Å². The lowest BCUT2D eigenvalue weighted by Gasteiger charge is -2.19. The zero-order valence-electron chi connectivity index (χ0n) is 27.0. The Morgan fingerprint density at radius 2 is 1.44 bits per heavy atom. The number of carbonyl (C=O) groups is 3. The summed E-state index contributed by atoms with van der Waals surface area (Å²) in [5, 5.41) is 37.3. The lowest BCUT2D eigenvalue weighted by atomic mass is 9.97. The van der Waals surface area contributed by atoms with Crippen molar-refractivity contribution in [1.82, 2.24) is 61.8 Å². The van der Waals surface area contributed by atoms with Crippen LogP contribution in [0.5, 0.6) is 0 Å². The Hall–Kier alpha value is -6.32. The number of nitrogens with one attached hydrogen (secondary N) is 6. The summed E-state index contributed by atoms with van der Waals surface area (Å²) >= 11 is 0. The molecule has 7 rings (SSSR count). The molecule has 3 amide bonds. The summed E-state index contributed by atoms with van der Waals surface area (Å²) in [5.41, 5.74) is 3.82. The number of H-pyrrole nitrogens is 3. The molecular weight excluding hydrogens is 638 g/mol. The number of aromatic amines is 3. The van der Waals surface area contributed by atoms with Gasteiger partial charge in [0.2, 0.25) is 17.6 Å². The molecule has 1 aliphatic rings. The Labute approximate surface area is 285 Å². The van der Waals surface area contributed by atoms with Crippen molar-refractivity contribution >= 4 is 34.4 Å². The second-order valence-corrected chi connectivity index (χ2v) is 12.3. The minimum absolute atomic E-state index is 0.0545. The molecule has 3 aromatic heterocycles. The zero-order chi connectivity index (χ0) is 34.3. The summed E-state index contributed by atoms with van der Waals surface area (Å²) in [6.07, 6.45) is 8.44. The Bertz CT molecular complexity index is 2020. The van der Waals surface area contributed by atoms with Crippen LogP contribution in [0.2, 0.25) is 0 Å². The van der Waals surface area contributed by atoms with Crippen LogP contribution in [-0.2, 0) is 4.79 Å². The first kappa shape index (κ1) is 32.2. The first-order valence-corrected chi connectivity index (χ1v) is 16.5. The number of anilines is 1. The fourth-order valence-corrected chi connectivity index (χ4v) is 6.35. The van der Waals surface area contributed by atoms with E-state index in [9.17, 15) is 14.4 Å². The van der Waals surface area contributed by atoms with Gasteiger partial charge in [0.05, 0.1) is 34.4 Å². The molecule has 3 aromatic carbocycles. The molecule has 0 radical (unpaired) electrons. The van der Waals surface area contributed by atoms with E-state index in [1.165, 1.54) is 19.2 Å². The molecular formula is C34H35N13O3. The highest BCUT2D eigenvalue weighted by Gasteiger charge is 2.25. The molecule has 1 atom stereocenters. The quantitative estimate of drug-likeness (QED) is 0.109. The molecule has 16 nitrogen and oxygen atoms in total. The van der Waals surface area contributed by atoms with Gasteiger partial charge in [-0.3, -0.25) is 14.4 Å². The van der Waals surface area contributed by atoms with Gasteiger partial charge in [0, 0.05) is 29.9 Å². The number of benzene rings is 3. The summed E-state index contributed by atoms with van der Waals surface area (Å²) in [5.74, 6) is -0.984. The minimum atomic E-state index is -0.800. The average Bonchev–Trinajstić information content (AvgIpc) is 3.93. The Kier molecular flexibility index (Phi) is 9.57. The number of aromatic nitrogens is 10. The van der Waals surface area contributed by atoms with Gasteiger partial charge in [0.1, 0.15) is 0 Å². The van der Waals surface area contributed by atoms with Crippen molar-refractivity contribution in [2.24, 2.45) is 5.92 Å². The van der Waals surface area contributed by atoms with Gasteiger partial charge in [-0.1, -0.05) is 56.0 Å². The van der Waals surface area contributed by atoms with Gasteiger partial charge in [0.15, 0.2) is 0 Å². The van der Waals surface area contributed by atoms with Crippen molar-refractivity contribution in [3.8, 4) is 22.8 Å². The lowest BCUT2D eigenvalue weighted by Crippen LogP contribution is -2.36. The molecule has 1 saturated carbocycles. The lowest BCUT2D eigenvalue weighted by molar-refractivity contribution is -0.117. The van der Waals surface area contributed by atoms with Crippen LogP contribution in [0.3, 0.4) is 0 Å². The molecule has 1 unspecified atom stereocenters. The smallest absolute Gasteiger partial charge is 0.252 e. The standard InChI is InChI=1S/C34H35N13O3/c48-32(35-17-20-8-4-1-2-5-9-20)25-15-28-29(38-19-37-28)16-26(25)33(49)36-18-27(21-10-6-3-7-11-21)34(50)39-24-13-22(30-40-44-45-41-30)12-23(14-24)31-42-46-47-43-31/h3,6-7,10-16,19-20,27H,1-2,4-5,8-9,17-18H2,(H,35,48)(H,36,49)(H,37,38)(H,39,50)(H,40,41,44,45)(H,42,43,46,47). The van der Waals surface area contributed by atoms with Crippen LogP contribution in [0.1, 0.15) is 70.7 Å². The SMILES string of the molecule is O=C(NCC1CCCCCC1)c1cc2nc[nH]c2cc1C(=O)NCC(C(=O)Nc1cc(-c2nn[nH]n2)cc(-c2nn[nH]n2)c1)c1ccccc1. The Morgan fingerprint density at radius 1 is 0.780 bits per heavy atom. The van der Waals surface area contributed by atoms with Crippen molar-refractivity contribution < 1.29 is 14.4 Å². The number of fused-ring (bicyclic) bond motifs is 1. The van der Waals surface area contributed by atoms with E-state index in [1.807, 2.05) is 30.3 Å². The third-order valence-corrected chi connectivity index (χ3v) is 8.97. The molecule has 0 aliphatic heterocycles. The summed E-state index contributed by atoms with van der Waals surface area (Å²) in [6.45, 7) is 0.498. The Balaban J connectivity index is 1.12. The molecule has 16 heteroatoms. The van der Waals surface area contributed by atoms with Crippen LogP contribution in [0.25, 0.3) is 33.8 Å². The molecule has 3 heterocycles. The number of hydrogen-bond donors (Lipinski definition) is 6. The minimum Gasteiger partial charge on any atom is -0.352 e. The maximum absolute atomic E-state index is 14.0. The summed E-state index contributed by atoms with van der Waals surface area (Å²) < 4.78 is 0. The topological polar surface area (TPSA) is 225 Å². The average molecular weight is 674 g/mol. The number of rotatable bonds is 11. The highest BCUT2D eigenvalue weighted by molar-refractivity contribution is 6.10. The van der Waals surface area contributed by atoms with E-state index < -0.39 is 11.8 Å². The van der Waals surface area contributed by atoms with E-state index in [0.29, 0.717) is 57.5 Å². The van der Waals surface area contributed by atoms with E-state index in [-0.39, 0.29) is 29.5 Å². The fraction of sp³-hybridized carbons (Fsp3) is 0.294. The molecule has 0 spiro atoms. The van der Waals surface area contributed by atoms with Gasteiger partial charge in [0.25, 0.3) is 11.8 Å². The first-order valence-electron chi connectivity index (χ1n) is 16.5. The first-order chi connectivity index (χ1) is 24.5. The maximum Gasteiger partial charge on any atom is 0.252 e. The highest BCUT2D eigenvalue weighted by Crippen LogP contribution is 2.28. The maximum atomic E-state index is 14.0. The van der Waals surface area contributed by atoms with Crippen molar-refractivity contribution in [3.63, 3.8) is 0 Å². The second-order valence-electron chi connectivity index (χ2n) is 12.3. The number of carbonyl (C=O) groups excluding carboxylic acids is 3. The summed E-state index contributed by atoms with van der Waals surface area (Å²) in [4.78, 5) is 48.7. The van der Waals surface area contributed by atoms with Crippen molar-refractivity contribution in [2.45, 2.75) is 44.4 Å². The molecule has 6 N–H and O–H groups in total. The van der Waals surface area contributed by atoms with Crippen LogP contribution < -0.4 is 16.0 Å². The van der Waals surface area contributed by atoms with Gasteiger partial charge in [-0.05, 0) is 65.1 Å². The monoisotopic (exact) mass is 673 g/mol. The molecule has 6 aromatic rings. The van der Waals surface area contributed by atoms with Crippen LogP contribution >= 0.6 is 0 Å².